The topological polar surface area (TPSA) is 9.23 Å². The predicted molar refractivity (Wildman–Crippen MR) is 56.8 cm³/mol. The van der Waals surface area contributed by atoms with Gasteiger partial charge in [-0.2, -0.15) is 0 Å². The van der Waals surface area contributed by atoms with Crippen molar-refractivity contribution in [1.29, 1.82) is 0 Å². The summed E-state index contributed by atoms with van der Waals surface area (Å²) in [5.41, 5.74) is 0.521. The second-order valence-electron chi connectivity index (χ2n) is 5.14. The van der Waals surface area contributed by atoms with Gasteiger partial charge >= 0.3 is 0 Å². The molecule has 1 aliphatic rings. The van der Waals surface area contributed by atoms with Gasteiger partial charge in [0.05, 0.1) is 6.10 Å². The highest BCUT2D eigenvalue weighted by Crippen LogP contribution is 2.39. The van der Waals surface area contributed by atoms with Gasteiger partial charge < -0.3 is 4.74 Å². The van der Waals surface area contributed by atoms with Crippen LogP contribution in [0.4, 0.5) is 0 Å². The highest BCUT2D eigenvalue weighted by atomic mass is 16.5. The fourth-order valence-electron chi connectivity index (χ4n) is 2.56. The first-order valence-corrected chi connectivity index (χ1v) is 5.68. The van der Waals surface area contributed by atoms with Crippen molar-refractivity contribution in [2.75, 3.05) is 6.61 Å². The minimum Gasteiger partial charge on any atom is -0.378 e. The predicted octanol–water partition coefficient (Wildman–Crippen LogP) is 3.63. The molecule has 0 aliphatic carbocycles. The van der Waals surface area contributed by atoms with Gasteiger partial charge in [0.25, 0.3) is 0 Å². The molecule has 78 valence electrons. The summed E-state index contributed by atoms with van der Waals surface area (Å²) in [4.78, 5) is 0. The van der Waals surface area contributed by atoms with Crippen LogP contribution in [0.2, 0.25) is 0 Å². The fraction of sp³-hybridized carbons (Fsp3) is 1.00. The van der Waals surface area contributed by atoms with Gasteiger partial charge in [-0.1, -0.05) is 27.2 Å². The third-order valence-corrected chi connectivity index (χ3v) is 3.48. The monoisotopic (exact) mass is 184 g/mol. The molecule has 0 N–H and O–H groups in total. The van der Waals surface area contributed by atoms with E-state index in [2.05, 4.69) is 27.7 Å². The highest BCUT2D eigenvalue weighted by Gasteiger charge is 2.32. The van der Waals surface area contributed by atoms with Crippen molar-refractivity contribution in [3.8, 4) is 0 Å². The maximum absolute atomic E-state index is 5.58. The first-order valence-electron chi connectivity index (χ1n) is 5.68. The van der Waals surface area contributed by atoms with E-state index in [1.807, 2.05) is 0 Å². The van der Waals surface area contributed by atoms with Crippen molar-refractivity contribution in [2.45, 2.75) is 59.5 Å². The maximum Gasteiger partial charge on any atom is 0.0549 e. The minimum absolute atomic E-state index is 0.481. The SMILES string of the molecule is CCCC(C)(C)C1CCOC(C)C1. The van der Waals surface area contributed by atoms with Crippen LogP contribution in [-0.4, -0.2) is 12.7 Å². The molecule has 0 aromatic rings. The van der Waals surface area contributed by atoms with Crippen LogP contribution >= 0.6 is 0 Å². The molecule has 1 saturated heterocycles. The molecule has 0 aromatic carbocycles. The van der Waals surface area contributed by atoms with Gasteiger partial charge in [0.2, 0.25) is 0 Å². The Morgan fingerprint density at radius 2 is 2.08 bits per heavy atom. The molecule has 1 aliphatic heterocycles. The zero-order chi connectivity index (χ0) is 9.90. The number of rotatable bonds is 3. The average molecular weight is 184 g/mol. The van der Waals surface area contributed by atoms with Crippen LogP contribution in [0.25, 0.3) is 0 Å². The summed E-state index contributed by atoms with van der Waals surface area (Å²) < 4.78 is 5.58. The zero-order valence-corrected chi connectivity index (χ0v) is 9.60. The summed E-state index contributed by atoms with van der Waals surface area (Å²) in [6.07, 6.45) is 5.66. The Hall–Kier alpha value is -0.0400. The lowest BCUT2D eigenvalue weighted by Crippen LogP contribution is -2.33. The van der Waals surface area contributed by atoms with Crippen molar-refractivity contribution in [2.24, 2.45) is 11.3 Å². The summed E-state index contributed by atoms with van der Waals surface area (Å²) in [6.45, 7) is 10.3. The first-order chi connectivity index (χ1) is 6.06. The highest BCUT2D eigenvalue weighted by molar-refractivity contribution is 4.81. The lowest BCUT2D eigenvalue weighted by atomic mass is 9.71. The zero-order valence-electron chi connectivity index (χ0n) is 9.60. The summed E-state index contributed by atoms with van der Waals surface area (Å²) in [7, 11) is 0. The van der Waals surface area contributed by atoms with Crippen LogP contribution in [0.5, 0.6) is 0 Å². The van der Waals surface area contributed by atoms with Crippen molar-refractivity contribution in [1.82, 2.24) is 0 Å². The third kappa shape index (κ3) is 2.98. The van der Waals surface area contributed by atoms with Crippen LogP contribution in [0.15, 0.2) is 0 Å². The molecule has 0 amide bonds. The minimum atomic E-state index is 0.481. The van der Waals surface area contributed by atoms with E-state index in [1.54, 1.807) is 0 Å². The quantitative estimate of drug-likeness (QED) is 0.651. The van der Waals surface area contributed by atoms with Gasteiger partial charge in [-0.25, -0.2) is 0 Å². The van der Waals surface area contributed by atoms with Crippen LogP contribution in [-0.2, 0) is 4.74 Å². The van der Waals surface area contributed by atoms with Crippen molar-refractivity contribution in [3.05, 3.63) is 0 Å². The van der Waals surface area contributed by atoms with Crippen LogP contribution in [0, 0.1) is 11.3 Å². The second kappa shape index (κ2) is 4.45. The molecule has 2 unspecified atom stereocenters. The number of ether oxygens (including phenoxy) is 1. The van der Waals surface area contributed by atoms with Crippen LogP contribution in [0.1, 0.15) is 53.4 Å². The Morgan fingerprint density at radius 3 is 2.62 bits per heavy atom. The van der Waals surface area contributed by atoms with E-state index in [0.717, 1.165) is 12.5 Å². The van der Waals surface area contributed by atoms with Gasteiger partial charge in [-0.15, -0.1) is 0 Å². The van der Waals surface area contributed by atoms with Gasteiger partial charge in [0.1, 0.15) is 0 Å². The molecule has 0 bridgehead atoms. The molecule has 2 atom stereocenters. The molecule has 0 saturated carbocycles. The van der Waals surface area contributed by atoms with E-state index >= 15 is 0 Å². The number of hydrogen-bond acceptors (Lipinski definition) is 1. The van der Waals surface area contributed by atoms with Crippen LogP contribution < -0.4 is 0 Å². The smallest absolute Gasteiger partial charge is 0.0549 e. The normalized spacial score (nSPS) is 30.5. The van der Waals surface area contributed by atoms with Crippen molar-refractivity contribution in [3.63, 3.8) is 0 Å². The molecule has 0 spiro atoms. The maximum atomic E-state index is 5.58. The molecule has 13 heavy (non-hydrogen) atoms. The molecule has 1 heteroatoms. The lowest BCUT2D eigenvalue weighted by molar-refractivity contribution is -0.0308. The Morgan fingerprint density at radius 1 is 1.38 bits per heavy atom. The van der Waals surface area contributed by atoms with E-state index < -0.39 is 0 Å². The molecule has 1 nitrogen and oxygen atoms in total. The molecule has 1 rings (SSSR count). The van der Waals surface area contributed by atoms with Gasteiger partial charge in [0.15, 0.2) is 0 Å². The molecule has 0 radical (unpaired) electrons. The molecule has 1 fully saturated rings. The van der Waals surface area contributed by atoms with Crippen molar-refractivity contribution < 1.29 is 4.74 Å². The molecular weight excluding hydrogens is 160 g/mol. The van der Waals surface area contributed by atoms with E-state index in [9.17, 15) is 0 Å². The first kappa shape index (κ1) is 11.0. The molecular formula is C12H24O. The number of hydrogen-bond donors (Lipinski definition) is 0. The summed E-state index contributed by atoms with van der Waals surface area (Å²) in [5, 5.41) is 0. The summed E-state index contributed by atoms with van der Waals surface area (Å²) in [5.74, 6) is 0.871. The van der Waals surface area contributed by atoms with E-state index in [-0.39, 0.29) is 0 Å². The standard InChI is InChI=1S/C12H24O/c1-5-7-12(3,4)11-6-8-13-10(2)9-11/h10-11H,5-9H2,1-4H3. The lowest BCUT2D eigenvalue weighted by Gasteiger charge is -2.39. The Kier molecular flexibility index (Phi) is 3.78. The van der Waals surface area contributed by atoms with Crippen LogP contribution in [0.3, 0.4) is 0 Å². The largest absolute Gasteiger partial charge is 0.378 e. The van der Waals surface area contributed by atoms with Gasteiger partial charge in [-0.3, -0.25) is 0 Å². The van der Waals surface area contributed by atoms with Gasteiger partial charge in [0, 0.05) is 6.61 Å². The van der Waals surface area contributed by atoms with E-state index in [0.29, 0.717) is 11.5 Å². The fourth-order valence-corrected chi connectivity index (χ4v) is 2.56. The summed E-state index contributed by atoms with van der Waals surface area (Å²) in [6, 6.07) is 0. The summed E-state index contributed by atoms with van der Waals surface area (Å²) >= 11 is 0. The van der Waals surface area contributed by atoms with Crippen molar-refractivity contribution >= 4 is 0 Å². The second-order valence-corrected chi connectivity index (χ2v) is 5.14. The Balaban J connectivity index is 2.48. The molecule has 1 heterocycles. The third-order valence-electron chi connectivity index (χ3n) is 3.48. The Bertz CT molecular complexity index is 151. The van der Waals surface area contributed by atoms with Gasteiger partial charge in [-0.05, 0) is 37.5 Å². The average Bonchev–Trinajstić information content (AvgIpc) is 2.04. The van der Waals surface area contributed by atoms with E-state index in [4.69, 9.17) is 4.74 Å². The Labute approximate surface area is 82.9 Å². The molecule has 0 aromatic heterocycles. The van der Waals surface area contributed by atoms with E-state index in [1.165, 1.54) is 25.7 Å².